The third-order valence-electron chi connectivity index (χ3n) is 3.69. The van der Waals surface area contributed by atoms with Crippen molar-refractivity contribution in [2.24, 2.45) is 0 Å². The van der Waals surface area contributed by atoms with Crippen molar-refractivity contribution in [3.05, 3.63) is 42.7 Å². The Morgan fingerprint density at radius 1 is 1.10 bits per heavy atom. The Kier molecular flexibility index (Phi) is 2.62. The fourth-order valence-electron chi connectivity index (χ4n) is 2.66. The maximum atomic E-state index is 4.47. The lowest BCUT2D eigenvalue weighted by Crippen LogP contribution is -2.18. The van der Waals surface area contributed by atoms with Crippen LogP contribution >= 0.6 is 0 Å². The Labute approximate surface area is 116 Å². The summed E-state index contributed by atoms with van der Waals surface area (Å²) in [5.41, 5.74) is 1.87. The van der Waals surface area contributed by atoms with Gasteiger partial charge in [-0.1, -0.05) is 0 Å². The first-order valence-electron chi connectivity index (χ1n) is 6.84. The highest BCUT2D eigenvalue weighted by atomic mass is 15.2. The van der Waals surface area contributed by atoms with E-state index < -0.39 is 0 Å². The van der Waals surface area contributed by atoms with Crippen LogP contribution in [0.25, 0.3) is 17.0 Å². The van der Waals surface area contributed by atoms with Gasteiger partial charge in [-0.05, 0) is 37.1 Å². The molecule has 4 heterocycles. The summed E-state index contributed by atoms with van der Waals surface area (Å²) in [6, 6.07) is 10.9. The predicted molar refractivity (Wildman–Crippen MR) is 76.5 cm³/mol. The molecule has 0 amide bonds. The van der Waals surface area contributed by atoms with E-state index in [4.69, 9.17) is 0 Å². The van der Waals surface area contributed by atoms with Gasteiger partial charge < -0.3 is 4.90 Å². The normalized spacial score (nSPS) is 15.1. The van der Waals surface area contributed by atoms with Gasteiger partial charge in [0.1, 0.15) is 5.82 Å². The molecule has 1 saturated heterocycles. The Balaban J connectivity index is 1.80. The first kappa shape index (κ1) is 11.4. The molecular weight excluding hydrogens is 250 g/mol. The average Bonchev–Trinajstić information content (AvgIpc) is 3.17. The molecule has 0 N–H and O–H groups in total. The van der Waals surface area contributed by atoms with Gasteiger partial charge in [0, 0.05) is 37.1 Å². The highest BCUT2D eigenvalue weighted by Gasteiger charge is 2.15. The molecule has 5 heteroatoms. The van der Waals surface area contributed by atoms with Gasteiger partial charge in [0.2, 0.25) is 0 Å². The summed E-state index contributed by atoms with van der Waals surface area (Å²) >= 11 is 0. The second-order valence-electron chi connectivity index (χ2n) is 4.98. The lowest BCUT2D eigenvalue weighted by atomic mass is 10.2. The van der Waals surface area contributed by atoms with Crippen molar-refractivity contribution in [1.82, 2.24) is 19.6 Å². The number of aromatic nitrogens is 4. The van der Waals surface area contributed by atoms with Gasteiger partial charge in [-0.25, -0.2) is 4.98 Å². The molecule has 0 unspecified atom stereocenters. The van der Waals surface area contributed by atoms with Crippen molar-refractivity contribution >= 4 is 11.5 Å². The molecule has 1 aliphatic heterocycles. The van der Waals surface area contributed by atoms with Gasteiger partial charge in [0.25, 0.3) is 0 Å². The van der Waals surface area contributed by atoms with Gasteiger partial charge in [-0.15, -0.1) is 10.2 Å². The van der Waals surface area contributed by atoms with Crippen LogP contribution in [0.4, 0.5) is 5.82 Å². The van der Waals surface area contributed by atoms with E-state index >= 15 is 0 Å². The maximum absolute atomic E-state index is 4.47. The van der Waals surface area contributed by atoms with E-state index in [0.717, 1.165) is 35.9 Å². The number of hydrogen-bond donors (Lipinski definition) is 0. The van der Waals surface area contributed by atoms with Crippen LogP contribution in [0, 0.1) is 6.07 Å². The highest BCUT2D eigenvalue weighted by Crippen LogP contribution is 2.24. The van der Waals surface area contributed by atoms with Crippen LogP contribution in [0.3, 0.4) is 0 Å². The fraction of sp³-hybridized carbons (Fsp3) is 0.267. The highest BCUT2D eigenvalue weighted by molar-refractivity contribution is 5.63. The standard InChI is InChI=1S/C15H14N5/c1-2-10-20-13(5-1)17-18-15(20)12-6-7-16-14(11-12)19-8-3-4-9-19/h1,5-7,10-11H,3-4,8-9H2. The van der Waals surface area contributed by atoms with Gasteiger partial charge >= 0.3 is 0 Å². The van der Waals surface area contributed by atoms with Crippen LogP contribution in [-0.2, 0) is 0 Å². The number of nitrogens with zero attached hydrogens (tertiary/aromatic N) is 5. The summed E-state index contributed by atoms with van der Waals surface area (Å²) in [6.07, 6.45) is 6.20. The molecule has 0 saturated carbocycles. The average molecular weight is 264 g/mol. The van der Waals surface area contributed by atoms with Crippen molar-refractivity contribution in [2.75, 3.05) is 18.0 Å². The predicted octanol–water partition coefficient (Wildman–Crippen LogP) is 2.19. The first-order valence-corrected chi connectivity index (χ1v) is 6.84. The molecule has 20 heavy (non-hydrogen) atoms. The minimum atomic E-state index is 0.832. The molecule has 0 atom stereocenters. The number of pyridine rings is 2. The second kappa shape index (κ2) is 4.59. The zero-order valence-corrected chi connectivity index (χ0v) is 11.0. The van der Waals surface area contributed by atoms with Crippen LogP contribution in [0.2, 0.25) is 0 Å². The minimum absolute atomic E-state index is 0.832. The van der Waals surface area contributed by atoms with E-state index in [1.165, 1.54) is 12.8 Å². The zero-order valence-electron chi connectivity index (χ0n) is 11.0. The Hall–Kier alpha value is -2.43. The molecule has 0 aliphatic carbocycles. The van der Waals surface area contributed by atoms with E-state index in [1.54, 1.807) is 0 Å². The molecule has 3 aromatic rings. The lowest BCUT2D eigenvalue weighted by molar-refractivity contribution is 0.937. The smallest absolute Gasteiger partial charge is 0.168 e. The first-order chi connectivity index (χ1) is 9.92. The summed E-state index contributed by atoms with van der Waals surface area (Å²) in [7, 11) is 0. The molecule has 3 aromatic heterocycles. The van der Waals surface area contributed by atoms with Crippen LogP contribution in [0.1, 0.15) is 12.8 Å². The van der Waals surface area contributed by atoms with Crippen molar-refractivity contribution in [3.63, 3.8) is 0 Å². The molecule has 1 aliphatic rings. The summed E-state index contributed by atoms with van der Waals surface area (Å²) in [4.78, 5) is 6.79. The Bertz CT molecular complexity index is 743. The molecule has 0 bridgehead atoms. The van der Waals surface area contributed by atoms with E-state index in [9.17, 15) is 0 Å². The van der Waals surface area contributed by atoms with Crippen molar-refractivity contribution in [2.45, 2.75) is 12.8 Å². The van der Waals surface area contributed by atoms with Crippen LogP contribution in [0.5, 0.6) is 0 Å². The summed E-state index contributed by atoms with van der Waals surface area (Å²) in [5, 5.41) is 8.46. The van der Waals surface area contributed by atoms with Gasteiger partial charge in [0.05, 0.1) is 0 Å². The quantitative estimate of drug-likeness (QED) is 0.712. The SMILES string of the molecule is [c]1ccc2nnc(-c3ccnc(N4CCCC4)c3)n2c1. The van der Waals surface area contributed by atoms with Gasteiger partial charge in [-0.2, -0.15) is 0 Å². The summed E-state index contributed by atoms with van der Waals surface area (Å²) in [5.74, 6) is 1.86. The van der Waals surface area contributed by atoms with Crippen LogP contribution < -0.4 is 4.90 Å². The lowest BCUT2D eigenvalue weighted by Gasteiger charge is -2.16. The maximum Gasteiger partial charge on any atom is 0.168 e. The van der Waals surface area contributed by atoms with Crippen molar-refractivity contribution in [3.8, 4) is 11.4 Å². The van der Waals surface area contributed by atoms with E-state index in [0.29, 0.717) is 0 Å². The molecule has 0 spiro atoms. The molecule has 5 nitrogen and oxygen atoms in total. The summed E-state index contributed by atoms with van der Waals surface area (Å²) < 4.78 is 1.95. The molecule has 99 valence electrons. The molecular formula is C15H14N5. The largest absolute Gasteiger partial charge is 0.357 e. The Morgan fingerprint density at radius 3 is 2.90 bits per heavy atom. The number of fused-ring (bicyclic) bond motifs is 1. The van der Waals surface area contributed by atoms with E-state index in [1.807, 2.05) is 35.0 Å². The monoisotopic (exact) mass is 264 g/mol. The number of anilines is 1. The molecule has 0 aromatic carbocycles. The molecule has 1 radical (unpaired) electrons. The van der Waals surface area contributed by atoms with Crippen LogP contribution in [0.15, 0.2) is 36.7 Å². The van der Waals surface area contributed by atoms with E-state index in [2.05, 4.69) is 32.2 Å². The van der Waals surface area contributed by atoms with Gasteiger partial charge in [-0.3, -0.25) is 4.40 Å². The molecule has 1 fully saturated rings. The van der Waals surface area contributed by atoms with E-state index in [-0.39, 0.29) is 0 Å². The zero-order chi connectivity index (χ0) is 13.4. The Morgan fingerprint density at radius 2 is 2.00 bits per heavy atom. The summed E-state index contributed by atoms with van der Waals surface area (Å²) in [6.45, 7) is 2.18. The fourth-order valence-corrected chi connectivity index (χ4v) is 2.66. The third-order valence-corrected chi connectivity index (χ3v) is 3.69. The number of hydrogen-bond acceptors (Lipinski definition) is 4. The minimum Gasteiger partial charge on any atom is -0.357 e. The topological polar surface area (TPSA) is 46.3 Å². The van der Waals surface area contributed by atoms with Crippen LogP contribution in [-0.4, -0.2) is 32.7 Å². The number of rotatable bonds is 2. The van der Waals surface area contributed by atoms with Crippen molar-refractivity contribution < 1.29 is 0 Å². The van der Waals surface area contributed by atoms with Gasteiger partial charge in [0.15, 0.2) is 11.5 Å². The second-order valence-corrected chi connectivity index (χ2v) is 4.98. The van der Waals surface area contributed by atoms with Crippen molar-refractivity contribution in [1.29, 1.82) is 0 Å². The third kappa shape index (κ3) is 1.82. The molecule has 4 rings (SSSR count).